The molecule has 0 aliphatic carbocycles. The third-order valence-electron chi connectivity index (χ3n) is 2.63. The Balaban J connectivity index is 1.68. The van der Waals surface area contributed by atoms with E-state index in [0.29, 0.717) is 19.0 Å². The van der Waals surface area contributed by atoms with Crippen molar-refractivity contribution < 1.29 is 4.74 Å². The molecule has 0 aliphatic rings. The molecule has 0 aromatic carbocycles. The van der Waals surface area contributed by atoms with Crippen LogP contribution in [0.25, 0.3) is 5.95 Å². The van der Waals surface area contributed by atoms with Crippen molar-refractivity contribution in [2.45, 2.75) is 6.42 Å². The third kappa shape index (κ3) is 3.51. The number of ether oxygens (including phenoxy) is 1. The van der Waals surface area contributed by atoms with E-state index in [1.165, 1.54) is 0 Å². The van der Waals surface area contributed by atoms with Crippen molar-refractivity contribution in [2.75, 3.05) is 6.61 Å². The average molecular weight is 303 g/mol. The van der Waals surface area contributed by atoms with Crippen LogP contribution in [0.5, 0.6) is 6.01 Å². The Morgan fingerprint density at radius 2 is 2.10 bits per heavy atom. The molecule has 0 bridgehead atoms. The van der Waals surface area contributed by atoms with Crippen molar-refractivity contribution in [3.8, 4) is 12.0 Å². The molecule has 3 aromatic heterocycles. The van der Waals surface area contributed by atoms with Crippen LogP contribution in [-0.2, 0) is 6.42 Å². The summed E-state index contributed by atoms with van der Waals surface area (Å²) in [7, 11) is 0. The first-order valence-corrected chi connectivity index (χ1v) is 6.62. The maximum absolute atomic E-state index is 5.87. The standard InChI is InChI=1S/C13H11ClN6O/c14-11-17-12(20-7-6-15-9-20)19-13(18-11)21-8-4-10-3-1-2-5-16-10/h1-3,5-7,9H,4,8H2. The number of imidazole rings is 1. The van der Waals surface area contributed by atoms with Crippen molar-refractivity contribution in [2.24, 2.45) is 0 Å². The van der Waals surface area contributed by atoms with Gasteiger partial charge in [-0.25, -0.2) is 4.98 Å². The van der Waals surface area contributed by atoms with E-state index in [4.69, 9.17) is 16.3 Å². The van der Waals surface area contributed by atoms with Gasteiger partial charge in [0, 0.05) is 30.7 Å². The second kappa shape index (κ2) is 6.27. The van der Waals surface area contributed by atoms with Crippen molar-refractivity contribution >= 4 is 11.6 Å². The minimum absolute atomic E-state index is 0.0709. The zero-order chi connectivity index (χ0) is 14.5. The van der Waals surface area contributed by atoms with Crippen molar-refractivity contribution in [1.82, 2.24) is 29.5 Å². The largest absolute Gasteiger partial charge is 0.463 e. The van der Waals surface area contributed by atoms with E-state index in [1.807, 2.05) is 18.2 Å². The number of halogens is 1. The highest BCUT2D eigenvalue weighted by molar-refractivity contribution is 6.28. The molecule has 7 nitrogen and oxygen atoms in total. The van der Waals surface area contributed by atoms with E-state index < -0.39 is 0 Å². The summed E-state index contributed by atoms with van der Waals surface area (Å²) >= 11 is 5.87. The van der Waals surface area contributed by atoms with Gasteiger partial charge in [-0.1, -0.05) is 6.07 Å². The minimum Gasteiger partial charge on any atom is -0.463 e. The van der Waals surface area contributed by atoms with Gasteiger partial charge in [0.15, 0.2) is 0 Å². The molecule has 0 N–H and O–H groups in total. The van der Waals surface area contributed by atoms with E-state index in [0.717, 1.165) is 5.69 Å². The normalized spacial score (nSPS) is 10.5. The topological polar surface area (TPSA) is 78.6 Å². The highest BCUT2D eigenvalue weighted by Gasteiger charge is 2.07. The van der Waals surface area contributed by atoms with Gasteiger partial charge in [-0.2, -0.15) is 15.0 Å². The third-order valence-corrected chi connectivity index (χ3v) is 2.80. The fraction of sp³-hybridized carbons (Fsp3) is 0.154. The molecule has 0 spiro atoms. The van der Waals surface area contributed by atoms with Crippen LogP contribution >= 0.6 is 11.6 Å². The molecule has 106 valence electrons. The lowest BCUT2D eigenvalue weighted by molar-refractivity contribution is 0.293. The molecule has 0 saturated heterocycles. The average Bonchev–Trinajstić information content (AvgIpc) is 3.02. The SMILES string of the molecule is Clc1nc(OCCc2ccccn2)nc(-n2ccnc2)n1. The van der Waals surface area contributed by atoms with Crippen molar-refractivity contribution in [3.05, 3.63) is 54.1 Å². The van der Waals surface area contributed by atoms with Crippen LogP contribution in [0, 0.1) is 0 Å². The Labute approximate surface area is 125 Å². The molecular weight excluding hydrogens is 292 g/mol. The molecule has 0 radical (unpaired) electrons. The quantitative estimate of drug-likeness (QED) is 0.714. The fourth-order valence-electron chi connectivity index (χ4n) is 1.67. The highest BCUT2D eigenvalue weighted by Crippen LogP contribution is 2.11. The lowest BCUT2D eigenvalue weighted by atomic mass is 10.3. The van der Waals surface area contributed by atoms with Crippen LogP contribution in [0.1, 0.15) is 5.69 Å². The van der Waals surface area contributed by atoms with Gasteiger partial charge in [0.2, 0.25) is 11.2 Å². The summed E-state index contributed by atoms with van der Waals surface area (Å²) < 4.78 is 7.13. The van der Waals surface area contributed by atoms with Gasteiger partial charge >= 0.3 is 6.01 Å². The Hall–Kier alpha value is -2.54. The van der Waals surface area contributed by atoms with Crippen molar-refractivity contribution in [1.29, 1.82) is 0 Å². The van der Waals surface area contributed by atoms with Crippen LogP contribution in [0.4, 0.5) is 0 Å². The maximum atomic E-state index is 5.87. The molecule has 0 unspecified atom stereocenters. The summed E-state index contributed by atoms with van der Waals surface area (Å²) in [4.78, 5) is 20.3. The van der Waals surface area contributed by atoms with E-state index in [1.54, 1.807) is 29.5 Å². The van der Waals surface area contributed by atoms with Gasteiger partial charge in [-0.3, -0.25) is 9.55 Å². The molecule has 0 aliphatic heterocycles. The lowest BCUT2D eigenvalue weighted by Crippen LogP contribution is -2.08. The minimum atomic E-state index is 0.0709. The number of pyridine rings is 1. The summed E-state index contributed by atoms with van der Waals surface area (Å²) in [6.07, 6.45) is 7.31. The first-order valence-electron chi connectivity index (χ1n) is 6.24. The number of rotatable bonds is 5. The summed E-state index contributed by atoms with van der Waals surface area (Å²) in [5.74, 6) is 0.361. The van der Waals surface area contributed by atoms with Gasteiger partial charge in [-0.05, 0) is 23.7 Å². The lowest BCUT2D eigenvalue weighted by Gasteiger charge is -2.06. The van der Waals surface area contributed by atoms with Crippen LogP contribution < -0.4 is 4.74 Å². The molecule has 0 fully saturated rings. The summed E-state index contributed by atoms with van der Waals surface area (Å²) in [5.41, 5.74) is 0.937. The van der Waals surface area contributed by atoms with Gasteiger partial charge in [0.1, 0.15) is 6.33 Å². The van der Waals surface area contributed by atoms with Gasteiger partial charge in [0.25, 0.3) is 0 Å². The second-order valence-electron chi connectivity index (χ2n) is 4.08. The second-order valence-corrected chi connectivity index (χ2v) is 4.41. The number of nitrogens with zero attached hydrogens (tertiary/aromatic N) is 6. The maximum Gasteiger partial charge on any atom is 0.322 e. The predicted molar refractivity (Wildman–Crippen MR) is 75.4 cm³/mol. The Morgan fingerprint density at radius 3 is 2.86 bits per heavy atom. The number of aromatic nitrogens is 6. The molecule has 0 atom stereocenters. The molecule has 0 amide bonds. The monoisotopic (exact) mass is 302 g/mol. The zero-order valence-electron chi connectivity index (χ0n) is 10.9. The van der Waals surface area contributed by atoms with Crippen LogP contribution in [0.3, 0.4) is 0 Å². The van der Waals surface area contributed by atoms with Gasteiger partial charge in [0.05, 0.1) is 6.61 Å². The van der Waals surface area contributed by atoms with E-state index >= 15 is 0 Å². The fourth-order valence-corrected chi connectivity index (χ4v) is 1.82. The molecule has 8 heteroatoms. The summed E-state index contributed by atoms with van der Waals surface area (Å²) in [6, 6.07) is 5.91. The molecule has 21 heavy (non-hydrogen) atoms. The molecular formula is C13H11ClN6O. The molecule has 0 saturated carbocycles. The number of hydrogen-bond donors (Lipinski definition) is 0. The van der Waals surface area contributed by atoms with Crippen LogP contribution in [0.2, 0.25) is 5.28 Å². The predicted octanol–water partition coefficient (Wildman–Crippen LogP) is 1.73. The van der Waals surface area contributed by atoms with Crippen molar-refractivity contribution in [3.63, 3.8) is 0 Å². The van der Waals surface area contributed by atoms with E-state index in [-0.39, 0.29) is 11.3 Å². The summed E-state index contributed by atoms with van der Waals surface area (Å²) in [5, 5.41) is 0.0709. The molecule has 3 aromatic rings. The first kappa shape index (κ1) is 13.4. The molecule has 3 heterocycles. The Bertz CT molecular complexity index is 704. The van der Waals surface area contributed by atoms with Gasteiger partial charge < -0.3 is 4.74 Å². The first-order chi connectivity index (χ1) is 10.3. The summed E-state index contributed by atoms with van der Waals surface area (Å²) in [6.45, 7) is 0.403. The van der Waals surface area contributed by atoms with Gasteiger partial charge in [-0.15, -0.1) is 0 Å². The van der Waals surface area contributed by atoms with Crippen LogP contribution in [-0.4, -0.2) is 36.1 Å². The highest BCUT2D eigenvalue weighted by atomic mass is 35.5. The Morgan fingerprint density at radius 1 is 1.14 bits per heavy atom. The van der Waals surface area contributed by atoms with E-state index in [9.17, 15) is 0 Å². The zero-order valence-corrected chi connectivity index (χ0v) is 11.7. The van der Waals surface area contributed by atoms with E-state index in [2.05, 4.69) is 24.9 Å². The smallest absolute Gasteiger partial charge is 0.322 e. The Kier molecular flexibility index (Phi) is 4.02. The molecule has 3 rings (SSSR count). The number of hydrogen-bond acceptors (Lipinski definition) is 6. The van der Waals surface area contributed by atoms with Crippen LogP contribution in [0.15, 0.2) is 43.1 Å².